The number of benzene rings is 1. The third-order valence-electron chi connectivity index (χ3n) is 5.38. The van der Waals surface area contributed by atoms with Gasteiger partial charge in [-0.25, -0.2) is 4.98 Å². The minimum atomic E-state index is -0.585. The van der Waals surface area contributed by atoms with Gasteiger partial charge in [-0.3, -0.25) is 0 Å². The molecule has 1 atom stereocenters. The Morgan fingerprint density at radius 1 is 1.13 bits per heavy atom. The van der Waals surface area contributed by atoms with E-state index < -0.39 is 5.60 Å². The average molecular weight is 312 g/mol. The van der Waals surface area contributed by atoms with E-state index in [1.807, 2.05) is 13.1 Å². The molecular weight excluding hydrogens is 288 g/mol. The lowest BCUT2D eigenvalue weighted by Crippen LogP contribution is -2.53. The number of pyridine rings is 1. The molecule has 1 aromatic heterocycles. The number of hydrogen-bond acceptors (Lipinski definition) is 4. The second-order valence-electron chi connectivity index (χ2n) is 7.30. The predicted octanol–water partition coefficient (Wildman–Crippen LogP) is 3.14. The molecule has 0 saturated carbocycles. The molecule has 4 rings (SSSR count). The zero-order valence-corrected chi connectivity index (χ0v) is 13.7. The maximum atomic E-state index is 10.4. The number of anilines is 1. The Bertz CT molecular complexity index is 700. The third kappa shape index (κ3) is 2.81. The fourth-order valence-corrected chi connectivity index (χ4v) is 4.12. The van der Waals surface area contributed by atoms with Crippen molar-refractivity contribution in [2.75, 3.05) is 24.6 Å². The second-order valence-corrected chi connectivity index (χ2v) is 7.30. The van der Waals surface area contributed by atoms with E-state index in [0.29, 0.717) is 6.61 Å². The fourth-order valence-electron chi connectivity index (χ4n) is 4.12. The van der Waals surface area contributed by atoms with Crippen LogP contribution in [-0.4, -0.2) is 41.0 Å². The van der Waals surface area contributed by atoms with Crippen LogP contribution in [0.25, 0.3) is 10.8 Å². The minimum Gasteiger partial charge on any atom is -0.390 e. The van der Waals surface area contributed by atoms with Gasteiger partial charge in [-0.1, -0.05) is 24.3 Å². The Morgan fingerprint density at radius 3 is 2.70 bits per heavy atom. The fraction of sp³-hybridized carbons (Fsp3) is 0.526. The lowest BCUT2D eigenvalue weighted by molar-refractivity contribution is -0.162. The number of rotatable bonds is 1. The number of piperidine rings is 1. The summed E-state index contributed by atoms with van der Waals surface area (Å²) in [6.45, 7) is 4.46. The Balaban J connectivity index is 1.55. The molecule has 2 saturated heterocycles. The highest BCUT2D eigenvalue weighted by Gasteiger charge is 2.44. The van der Waals surface area contributed by atoms with Crippen LogP contribution < -0.4 is 4.90 Å². The number of hydrogen-bond donors (Lipinski definition) is 1. The number of nitrogens with zero attached hydrogens (tertiary/aromatic N) is 2. The molecule has 4 heteroatoms. The summed E-state index contributed by atoms with van der Waals surface area (Å²) in [7, 11) is 0. The molecule has 23 heavy (non-hydrogen) atoms. The van der Waals surface area contributed by atoms with Crippen molar-refractivity contribution in [3.05, 3.63) is 36.5 Å². The normalized spacial score (nSPS) is 27.5. The van der Waals surface area contributed by atoms with Crippen LogP contribution in [0, 0.1) is 0 Å². The van der Waals surface area contributed by atoms with E-state index in [2.05, 4.69) is 40.2 Å². The summed E-state index contributed by atoms with van der Waals surface area (Å²) in [6, 6.07) is 10.5. The summed E-state index contributed by atoms with van der Waals surface area (Å²) in [5, 5.41) is 12.9. The van der Waals surface area contributed by atoms with Crippen molar-refractivity contribution in [2.45, 2.75) is 43.8 Å². The summed E-state index contributed by atoms with van der Waals surface area (Å²) >= 11 is 0. The highest BCUT2D eigenvalue weighted by Crippen LogP contribution is 2.40. The van der Waals surface area contributed by atoms with Gasteiger partial charge in [0.25, 0.3) is 0 Å². The topological polar surface area (TPSA) is 45.6 Å². The van der Waals surface area contributed by atoms with Crippen LogP contribution in [0.15, 0.2) is 36.5 Å². The largest absolute Gasteiger partial charge is 0.390 e. The van der Waals surface area contributed by atoms with Crippen LogP contribution in [0.2, 0.25) is 0 Å². The predicted molar refractivity (Wildman–Crippen MR) is 91.7 cm³/mol. The number of aromatic nitrogens is 1. The Labute approximate surface area is 137 Å². The summed E-state index contributed by atoms with van der Waals surface area (Å²) in [5.41, 5.74) is -0.735. The summed E-state index contributed by atoms with van der Waals surface area (Å²) in [4.78, 5) is 6.99. The maximum Gasteiger partial charge on any atom is 0.136 e. The van der Waals surface area contributed by atoms with Crippen LogP contribution in [0.5, 0.6) is 0 Å². The van der Waals surface area contributed by atoms with Crippen molar-refractivity contribution in [3.63, 3.8) is 0 Å². The summed E-state index contributed by atoms with van der Waals surface area (Å²) in [6.07, 6.45) is 5.28. The quantitative estimate of drug-likeness (QED) is 0.879. The molecular formula is C19H24N2O2. The van der Waals surface area contributed by atoms with E-state index >= 15 is 0 Å². The lowest BCUT2D eigenvalue weighted by Gasteiger charge is -2.48. The van der Waals surface area contributed by atoms with Gasteiger partial charge < -0.3 is 14.7 Å². The van der Waals surface area contributed by atoms with Gasteiger partial charge in [-0.05, 0) is 37.6 Å². The van der Waals surface area contributed by atoms with Gasteiger partial charge in [0, 0.05) is 31.1 Å². The molecule has 2 aliphatic heterocycles. The molecule has 4 nitrogen and oxygen atoms in total. The number of fused-ring (bicyclic) bond motifs is 1. The summed E-state index contributed by atoms with van der Waals surface area (Å²) in [5.74, 6) is 1.07. The number of ether oxygens (including phenoxy) is 1. The van der Waals surface area contributed by atoms with Crippen LogP contribution in [0.1, 0.15) is 32.6 Å². The molecule has 3 heterocycles. The molecule has 1 spiro atoms. The molecule has 0 bridgehead atoms. The molecule has 1 N–H and O–H groups in total. The smallest absolute Gasteiger partial charge is 0.136 e. The van der Waals surface area contributed by atoms with Crippen LogP contribution in [-0.2, 0) is 4.74 Å². The number of aliphatic hydroxyl groups is 1. The molecule has 0 radical (unpaired) electrons. The zero-order valence-electron chi connectivity index (χ0n) is 13.7. The molecule has 0 aliphatic carbocycles. The van der Waals surface area contributed by atoms with Crippen molar-refractivity contribution < 1.29 is 9.84 Å². The van der Waals surface area contributed by atoms with Gasteiger partial charge in [0.1, 0.15) is 5.82 Å². The molecule has 2 aliphatic rings. The van der Waals surface area contributed by atoms with Crippen LogP contribution in [0.3, 0.4) is 0 Å². The van der Waals surface area contributed by atoms with Crippen LogP contribution in [0.4, 0.5) is 5.82 Å². The standard InChI is InChI=1S/C19H24N2O2/c1-18(22)9-13-23-19(14-18)7-11-21(12-8-19)17-16-5-3-2-4-15(16)6-10-20-17/h2-6,10,22H,7-9,11-14H2,1H3. The molecule has 122 valence electrons. The van der Waals surface area contributed by atoms with Gasteiger partial charge in [0.2, 0.25) is 0 Å². The van der Waals surface area contributed by atoms with Gasteiger partial charge in [0.05, 0.1) is 17.8 Å². The first kappa shape index (κ1) is 14.9. The van der Waals surface area contributed by atoms with E-state index in [1.165, 1.54) is 10.8 Å². The summed E-state index contributed by atoms with van der Waals surface area (Å²) < 4.78 is 6.11. The molecule has 1 unspecified atom stereocenters. The van der Waals surface area contributed by atoms with Crippen molar-refractivity contribution in [1.82, 2.24) is 4.98 Å². The molecule has 0 amide bonds. The average Bonchev–Trinajstić information content (AvgIpc) is 2.54. The highest BCUT2D eigenvalue weighted by atomic mass is 16.5. The second kappa shape index (κ2) is 5.46. The third-order valence-corrected chi connectivity index (χ3v) is 5.38. The van der Waals surface area contributed by atoms with Crippen molar-refractivity contribution >= 4 is 16.6 Å². The van der Waals surface area contributed by atoms with Crippen molar-refractivity contribution in [3.8, 4) is 0 Å². The van der Waals surface area contributed by atoms with Gasteiger partial charge in [-0.15, -0.1) is 0 Å². The van der Waals surface area contributed by atoms with Gasteiger partial charge in [-0.2, -0.15) is 0 Å². The van der Waals surface area contributed by atoms with Crippen molar-refractivity contribution in [2.24, 2.45) is 0 Å². The first-order valence-corrected chi connectivity index (χ1v) is 8.52. The van der Waals surface area contributed by atoms with Gasteiger partial charge >= 0.3 is 0 Å². The zero-order chi connectivity index (χ0) is 15.9. The maximum absolute atomic E-state index is 10.4. The SMILES string of the molecule is CC1(O)CCOC2(CCN(c3nccc4ccccc34)CC2)C1. The van der Waals surface area contributed by atoms with Gasteiger partial charge in [0.15, 0.2) is 0 Å². The first-order chi connectivity index (χ1) is 11.1. The molecule has 1 aromatic carbocycles. The lowest BCUT2D eigenvalue weighted by atomic mass is 9.78. The van der Waals surface area contributed by atoms with E-state index in [0.717, 1.165) is 44.6 Å². The van der Waals surface area contributed by atoms with E-state index in [-0.39, 0.29) is 5.60 Å². The van der Waals surface area contributed by atoms with E-state index in [1.54, 1.807) is 0 Å². The Kier molecular flexibility index (Phi) is 3.54. The van der Waals surface area contributed by atoms with Crippen molar-refractivity contribution in [1.29, 1.82) is 0 Å². The highest BCUT2D eigenvalue weighted by molar-refractivity contribution is 5.92. The molecule has 2 fully saturated rings. The Hall–Kier alpha value is -1.65. The monoisotopic (exact) mass is 312 g/mol. The van der Waals surface area contributed by atoms with E-state index in [9.17, 15) is 5.11 Å². The van der Waals surface area contributed by atoms with E-state index in [4.69, 9.17) is 4.74 Å². The minimum absolute atomic E-state index is 0.150. The van der Waals surface area contributed by atoms with Crippen LogP contribution >= 0.6 is 0 Å². The Morgan fingerprint density at radius 2 is 1.91 bits per heavy atom. The molecule has 2 aromatic rings. The first-order valence-electron chi connectivity index (χ1n) is 8.52.